The lowest BCUT2D eigenvalue weighted by Gasteiger charge is -2.24. The molecule has 1 unspecified atom stereocenters. The summed E-state index contributed by atoms with van der Waals surface area (Å²) < 4.78 is 0. The summed E-state index contributed by atoms with van der Waals surface area (Å²) in [6, 6.07) is 3.04. The van der Waals surface area contributed by atoms with Crippen LogP contribution in [-0.2, 0) is 0 Å². The van der Waals surface area contributed by atoms with E-state index in [2.05, 4.69) is 30.3 Å². The topological polar surface area (TPSA) is 39.1 Å². The van der Waals surface area contributed by atoms with Crippen LogP contribution in [0.3, 0.4) is 0 Å². The van der Waals surface area contributed by atoms with Gasteiger partial charge in [0.2, 0.25) is 0 Å². The Hall–Kier alpha value is -0.590. The highest BCUT2D eigenvalue weighted by atomic mass is 15.1. The quantitative estimate of drug-likeness (QED) is 0.685. The number of nitriles is 1. The molecule has 3 heteroatoms. The molecule has 1 rings (SSSR count). The van der Waals surface area contributed by atoms with E-state index in [9.17, 15) is 5.26 Å². The molecule has 1 N–H and O–H groups in total. The van der Waals surface area contributed by atoms with Crippen LogP contribution in [0.15, 0.2) is 0 Å². The van der Waals surface area contributed by atoms with E-state index < -0.39 is 0 Å². The van der Waals surface area contributed by atoms with E-state index in [0.29, 0.717) is 6.04 Å². The average Bonchev–Trinajstić information content (AvgIpc) is 3.02. The molecule has 3 nitrogen and oxygen atoms in total. The van der Waals surface area contributed by atoms with E-state index >= 15 is 0 Å². The second kappa shape index (κ2) is 6.22. The van der Waals surface area contributed by atoms with Crippen LogP contribution in [0.2, 0.25) is 0 Å². The van der Waals surface area contributed by atoms with Crippen molar-refractivity contribution in [3.63, 3.8) is 0 Å². The predicted octanol–water partition coefficient (Wildman–Crippen LogP) is 2.14. The molecule has 1 fully saturated rings. The van der Waals surface area contributed by atoms with Gasteiger partial charge in [0, 0.05) is 6.04 Å². The first kappa shape index (κ1) is 13.5. The largest absolute Gasteiger partial charge is 0.306 e. The molecule has 92 valence electrons. The summed E-state index contributed by atoms with van der Waals surface area (Å²) in [6.07, 6.45) is 5.74. The molecule has 0 aliphatic heterocycles. The third-order valence-corrected chi connectivity index (χ3v) is 3.17. The summed E-state index contributed by atoms with van der Waals surface area (Å²) in [4.78, 5) is 2.34. The van der Waals surface area contributed by atoms with Gasteiger partial charge in [-0.25, -0.2) is 0 Å². The number of hydrogen-bond donors (Lipinski definition) is 1. The molecule has 1 aliphatic carbocycles. The van der Waals surface area contributed by atoms with Crippen LogP contribution in [0, 0.1) is 11.3 Å². The summed E-state index contributed by atoms with van der Waals surface area (Å²) in [5.41, 5.74) is -0.311. The fraction of sp³-hybridized carbons (Fsp3) is 0.923. The van der Waals surface area contributed by atoms with Crippen molar-refractivity contribution in [2.75, 3.05) is 20.1 Å². The van der Waals surface area contributed by atoms with Crippen LogP contribution in [0.4, 0.5) is 0 Å². The van der Waals surface area contributed by atoms with Crippen molar-refractivity contribution >= 4 is 0 Å². The van der Waals surface area contributed by atoms with Gasteiger partial charge in [-0.1, -0.05) is 6.92 Å². The van der Waals surface area contributed by atoms with Gasteiger partial charge in [0.25, 0.3) is 0 Å². The Morgan fingerprint density at radius 3 is 2.62 bits per heavy atom. The highest BCUT2D eigenvalue weighted by Gasteiger charge is 2.31. The molecule has 0 saturated heterocycles. The van der Waals surface area contributed by atoms with E-state index in [1.807, 2.05) is 6.92 Å². The Balaban J connectivity index is 2.20. The fourth-order valence-electron chi connectivity index (χ4n) is 2.03. The van der Waals surface area contributed by atoms with Gasteiger partial charge in [0.05, 0.1) is 6.07 Å². The molecule has 1 saturated carbocycles. The zero-order valence-electron chi connectivity index (χ0n) is 10.9. The standard InChI is InChI=1S/C13H25N3/c1-4-9-16(3)10-5-8-13(2,11-14)15-12-6-7-12/h12,15H,4-10H2,1-3H3. The van der Waals surface area contributed by atoms with E-state index in [1.54, 1.807) is 0 Å². The van der Waals surface area contributed by atoms with Gasteiger partial charge in [0.15, 0.2) is 0 Å². The van der Waals surface area contributed by atoms with E-state index in [0.717, 1.165) is 25.9 Å². The zero-order valence-corrected chi connectivity index (χ0v) is 10.9. The molecule has 0 heterocycles. The minimum Gasteiger partial charge on any atom is -0.306 e. The maximum Gasteiger partial charge on any atom is 0.104 e. The number of nitrogens with zero attached hydrogens (tertiary/aromatic N) is 2. The number of rotatable bonds is 8. The first-order chi connectivity index (χ1) is 7.59. The molecular formula is C13H25N3. The van der Waals surface area contributed by atoms with Crippen molar-refractivity contribution in [2.24, 2.45) is 0 Å². The lowest BCUT2D eigenvalue weighted by Crippen LogP contribution is -2.42. The molecule has 0 radical (unpaired) electrons. The van der Waals surface area contributed by atoms with Crippen LogP contribution in [0.5, 0.6) is 0 Å². The van der Waals surface area contributed by atoms with E-state index in [-0.39, 0.29) is 5.54 Å². The number of nitrogens with one attached hydrogen (secondary N) is 1. The van der Waals surface area contributed by atoms with Crippen LogP contribution >= 0.6 is 0 Å². The summed E-state index contributed by atoms with van der Waals surface area (Å²) in [6.45, 7) is 6.48. The molecular weight excluding hydrogens is 198 g/mol. The second-order valence-electron chi connectivity index (χ2n) is 5.27. The molecule has 0 amide bonds. The zero-order chi connectivity index (χ0) is 12.0. The normalized spacial score (nSPS) is 19.4. The van der Waals surface area contributed by atoms with Crippen LogP contribution in [0.25, 0.3) is 0 Å². The van der Waals surface area contributed by atoms with Crippen molar-refractivity contribution in [1.82, 2.24) is 10.2 Å². The number of hydrogen-bond acceptors (Lipinski definition) is 3. The summed E-state index contributed by atoms with van der Waals surface area (Å²) in [7, 11) is 2.15. The maximum absolute atomic E-state index is 9.20. The Morgan fingerprint density at radius 2 is 2.12 bits per heavy atom. The first-order valence-corrected chi connectivity index (χ1v) is 6.47. The summed E-state index contributed by atoms with van der Waals surface area (Å²) in [5, 5.41) is 12.6. The van der Waals surface area contributed by atoms with Gasteiger partial charge in [-0.2, -0.15) is 5.26 Å². The predicted molar refractivity (Wildman–Crippen MR) is 67.2 cm³/mol. The minimum absolute atomic E-state index is 0.311. The van der Waals surface area contributed by atoms with Crippen LogP contribution < -0.4 is 5.32 Å². The molecule has 16 heavy (non-hydrogen) atoms. The van der Waals surface area contributed by atoms with Crippen molar-refractivity contribution in [3.05, 3.63) is 0 Å². The Kier molecular flexibility index (Phi) is 5.24. The SMILES string of the molecule is CCCN(C)CCCC(C)(C#N)NC1CC1. The van der Waals surface area contributed by atoms with Crippen LogP contribution in [-0.4, -0.2) is 36.6 Å². The molecule has 0 bridgehead atoms. The molecule has 0 aromatic rings. The monoisotopic (exact) mass is 223 g/mol. The third-order valence-electron chi connectivity index (χ3n) is 3.17. The Morgan fingerprint density at radius 1 is 1.44 bits per heavy atom. The minimum atomic E-state index is -0.311. The molecule has 0 aromatic carbocycles. The van der Waals surface area contributed by atoms with E-state index in [1.165, 1.54) is 19.3 Å². The fourth-order valence-corrected chi connectivity index (χ4v) is 2.03. The molecule has 1 aliphatic rings. The van der Waals surface area contributed by atoms with Gasteiger partial charge in [-0.05, 0) is 59.2 Å². The van der Waals surface area contributed by atoms with Gasteiger partial charge >= 0.3 is 0 Å². The molecule has 0 spiro atoms. The Bertz CT molecular complexity index is 242. The van der Waals surface area contributed by atoms with Crippen molar-refractivity contribution in [2.45, 2.75) is 57.5 Å². The lowest BCUT2D eigenvalue weighted by atomic mass is 9.97. The first-order valence-electron chi connectivity index (χ1n) is 6.47. The van der Waals surface area contributed by atoms with Crippen molar-refractivity contribution < 1.29 is 0 Å². The van der Waals surface area contributed by atoms with Crippen LogP contribution in [0.1, 0.15) is 46.0 Å². The van der Waals surface area contributed by atoms with E-state index in [4.69, 9.17) is 0 Å². The summed E-state index contributed by atoms with van der Waals surface area (Å²) in [5.74, 6) is 0. The van der Waals surface area contributed by atoms with Gasteiger partial charge in [-0.15, -0.1) is 0 Å². The molecule has 0 aromatic heterocycles. The smallest absolute Gasteiger partial charge is 0.104 e. The average molecular weight is 223 g/mol. The Labute approximate surface area is 99.8 Å². The van der Waals surface area contributed by atoms with Gasteiger partial charge in [-0.3, -0.25) is 5.32 Å². The van der Waals surface area contributed by atoms with Gasteiger partial charge in [0.1, 0.15) is 5.54 Å². The van der Waals surface area contributed by atoms with Crippen molar-refractivity contribution in [3.8, 4) is 6.07 Å². The summed E-state index contributed by atoms with van der Waals surface area (Å²) >= 11 is 0. The molecule has 1 atom stereocenters. The third kappa shape index (κ3) is 4.96. The van der Waals surface area contributed by atoms with Crippen molar-refractivity contribution in [1.29, 1.82) is 5.26 Å². The maximum atomic E-state index is 9.20. The van der Waals surface area contributed by atoms with Gasteiger partial charge < -0.3 is 4.90 Å². The lowest BCUT2D eigenvalue weighted by molar-refractivity contribution is 0.304. The highest BCUT2D eigenvalue weighted by molar-refractivity contribution is 5.06. The second-order valence-corrected chi connectivity index (χ2v) is 5.27. The highest BCUT2D eigenvalue weighted by Crippen LogP contribution is 2.24.